The van der Waals surface area contributed by atoms with Crippen LogP contribution in [-0.4, -0.2) is 17.6 Å². The molecule has 0 aromatic carbocycles. The van der Waals surface area contributed by atoms with Gasteiger partial charge in [-0.25, -0.2) is 0 Å². The third-order valence-electron chi connectivity index (χ3n) is 3.48. The van der Waals surface area contributed by atoms with Crippen LogP contribution in [0.5, 0.6) is 0 Å². The van der Waals surface area contributed by atoms with Gasteiger partial charge in [0.2, 0.25) is 0 Å². The first-order valence-corrected chi connectivity index (χ1v) is 5.08. The van der Waals surface area contributed by atoms with Crippen LogP contribution < -0.4 is 5.73 Å². The summed E-state index contributed by atoms with van der Waals surface area (Å²) < 4.78 is 0. The summed E-state index contributed by atoms with van der Waals surface area (Å²) in [5, 5.41) is 9.07. The molecular formula is C10H19NO2. The highest BCUT2D eigenvalue weighted by molar-refractivity contribution is 5.75. The summed E-state index contributed by atoms with van der Waals surface area (Å²) in [6.45, 7) is 2.46. The normalized spacial score (nSPS) is 34.5. The van der Waals surface area contributed by atoms with Crippen molar-refractivity contribution >= 4 is 5.97 Å². The van der Waals surface area contributed by atoms with Crippen molar-refractivity contribution in [1.29, 1.82) is 0 Å². The molecule has 0 heterocycles. The maximum Gasteiger partial charge on any atom is 0.310 e. The van der Waals surface area contributed by atoms with Gasteiger partial charge in [-0.1, -0.05) is 13.3 Å². The van der Waals surface area contributed by atoms with Crippen molar-refractivity contribution in [3.63, 3.8) is 0 Å². The third kappa shape index (κ3) is 2.02. The maximum absolute atomic E-state index is 11.0. The molecule has 0 aromatic heterocycles. The van der Waals surface area contributed by atoms with Crippen LogP contribution in [0.3, 0.4) is 0 Å². The standard InChI is InChI=1S/C10H19NO2/c1-2-8-3-5-10(7-11,6-4-8)9(12)13/h8H,2-7,11H2,1H3,(H,12,13). The van der Waals surface area contributed by atoms with Crippen molar-refractivity contribution in [2.45, 2.75) is 39.0 Å². The topological polar surface area (TPSA) is 63.3 Å². The minimum Gasteiger partial charge on any atom is -0.481 e. The average molecular weight is 185 g/mol. The number of aliphatic carboxylic acids is 1. The summed E-state index contributed by atoms with van der Waals surface area (Å²) in [5.41, 5.74) is 4.94. The Morgan fingerprint density at radius 2 is 2.08 bits per heavy atom. The fourth-order valence-corrected chi connectivity index (χ4v) is 2.14. The zero-order valence-corrected chi connectivity index (χ0v) is 8.25. The maximum atomic E-state index is 11.0. The molecule has 0 bridgehead atoms. The molecule has 3 N–H and O–H groups in total. The average Bonchev–Trinajstić information content (AvgIpc) is 2.17. The molecule has 1 saturated carbocycles. The smallest absolute Gasteiger partial charge is 0.310 e. The lowest BCUT2D eigenvalue weighted by atomic mass is 9.70. The van der Waals surface area contributed by atoms with E-state index in [1.54, 1.807) is 0 Å². The number of carboxylic acid groups (broad SMARTS) is 1. The van der Waals surface area contributed by atoms with Gasteiger partial charge in [0.15, 0.2) is 0 Å². The highest BCUT2D eigenvalue weighted by Gasteiger charge is 2.40. The van der Waals surface area contributed by atoms with Crippen LogP contribution in [0.2, 0.25) is 0 Å². The van der Waals surface area contributed by atoms with E-state index in [1.165, 1.54) is 6.42 Å². The van der Waals surface area contributed by atoms with Crippen LogP contribution in [0.25, 0.3) is 0 Å². The molecule has 0 aliphatic heterocycles. The predicted octanol–water partition coefficient (Wildman–Crippen LogP) is 1.62. The van der Waals surface area contributed by atoms with E-state index in [9.17, 15) is 4.79 Å². The minimum atomic E-state index is -0.704. The first-order valence-electron chi connectivity index (χ1n) is 5.08. The zero-order chi connectivity index (χ0) is 9.90. The van der Waals surface area contributed by atoms with E-state index in [0.717, 1.165) is 31.6 Å². The van der Waals surface area contributed by atoms with Crippen molar-refractivity contribution in [1.82, 2.24) is 0 Å². The van der Waals surface area contributed by atoms with Crippen LogP contribution in [0, 0.1) is 11.3 Å². The summed E-state index contributed by atoms with van der Waals surface area (Å²) in [5.74, 6) is 0.0172. The SMILES string of the molecule is CCC1CCC(CN)(C(=O)O)CC1. The number of nitrogens with two attached hydrogens (primary N) is 1. The van der Waals surface area contributed by atoms with Gasteiger partial charge in [-0.05, 0) is 31.6 Å². The molecular weight excluding hydrogens is 166 g/mol. The van der Waals surface area contributed by atoms with Gasteiger partial charge >= 0.3 is 5.97 Å². The lowest BCUT2D eigenvalue weighted by Gasteiger charge is -2.35. The molecule has 0 aromatic rings. The number of hydrogen-bond acceptors (Lipinski definition) is 2. The molecule has 76 valence electrons. The highest BCUT2D eigenvalue weighted by Crippen LogP contribution is 2.39. The van der Waals surface area contributed by atoms with E-state index in [0.29, 0.717) is 6.54 Å². The van der Waals surface area contributed by atoms with Crippen LogP contribution in [0.15, 0.2) is 0 Å². The van der Waals surface area contributed by atoms with E-state index in [1.807, 2.05) is 0 Å². The Balaban J connectivity index is 2.58. The number of carbonyl (C=O) groups is 1. The van der Waals surface area contributed by atoms with Crippen molar-refractivity contribution in [3.8, 4) is 0 Å². The Morgan fingerprint density at radius 1 is 1.54 bits per heavy atom. The van der Waals surface area contributed by atoms with E-state index in [-0.39, 0.29) is 0 Å². The summed E-state index contributed by atoms with van der Waals surface area (Å²) in [6, 6.07) is 0. The largest absolute Gasteiger partial charge is 0.481 e. The number of rotatable bonds is 3. The van der Waals surface area contributed by atoms with E-state index in [2.05, 4.69) is 6.92 Å². The highest BCUT2D eigenvalue weighted by atomic mass is 16.4. The summed E-state index contributed by atoms with van der Waals surface area (Å²) >= 11 is 0. The van der Waals surface area contributed by atoms with Gasteiger partial charge in [-0.3, -0.25) is 4.79 Å². The predicted molar refractivity (Wildman–Crippen MR) is 51.4 cm³/mol. The molecule has 0 amide bonds. The minimum absolute atomic E-state index is 0.290. The van der Waals surface area contributed by atoms with Gasteiger partial charge in [0, 0.05) is 6.54 Å². The third-order valence-corrected chi connectivity index (χ3v) is 3.48. The summed E-state index contributed by atoms with van der Waals surface area (Å²) in [6.07, 6.45) is 4.74. The molecule has 3 heteroatoms. The van der Waals surface area contributed by atoms with Crippen molar-refractivity contribution < 1.29 is 9.90 Å². The van der Waals surface area contributed by atoms with Gasteiger partial charge in [0.1, 0.15) is 0 Å². The Bertz CT molecular complexity index is 183. The second kappa shape index (κ2) is 4.09. The first-order chi connectivity index (χ1) is 6.14. The monoisotopic (exact) mass is 185 g/mol. The summed E-state index contributed by atoms with van der Waals surface area (Å²) in [4.78, 5) is 11.0. The molecule has 0 spiro atoms. The van der Waals surface area contributed by atoms with Gasteiger partial charge in [-0.15, -0.1) is 0 Å². The molecule has 1 aliphatic rings. The van der Waals surface area contributed by atoms with E-state index < -0.39 is 11.4 Å². The van der Waals surface area contributed by atoms with Gasteiger partial charge in [0.05, 0.1) is 5.41 Å². The first kappa shape index (κ1) is 10.5. The second-order valence-electron chi connectivity index (χ2n) is 4.14. The van der Waals surface area contributed by atoms with E-state index in [4.69, 9.17) is 10.8 Å². The van der Waals surface area contributed by atoms with Crippen molar-refractivity contribution in [3.05, 3.63) is 0 Å². The van der Waals surface area contributed by atoms with E-state index >= 15 is 0 Å². The van der Waals surface area contributed by atoms with Gasteiger partial charge in [-0.2, -0.15) is 0 Å². The molecule has 1 rings (SSSR count). The molecule has 0 saturated heterocycles. The lowest BCUT2D eigenvalue weighted by molar-refractivity contribution is -0.150. The number of carboxylic acids is 1. The lowest BCUT2D eigenvalue weighted by Crippen LogP contribution is -2.41. The molecule has 0 unspecified atom stereocenters. The molecule has 0 radical (unpaired) electrons. The Hall–Kier alpha value is -0.570. The molecule has 3 nitrogen and oxygen atoms in total. The molecule has 1 aliphatic carbocycles. The molecule has 0 atom stereocenters. The van der Waals surface area contributed by atoms with Crippen LogP contribution >= 0.6 is 0 Å². The van der Waals surface area contributed by atoms with Crippen molar-refractivity contribution in [2.75, 3.05) is 6.54 Å². The fraction of sp³-hybridized carbons (Fsp3) is 0.900. The van der Waals surface area contributed by atoms with Gasteiger partial charge in [0.25, 0.3) is 0 Å². The second-order valence-corrected chi connectivity index (χ2v) is 4.14. The Labute approximate surface area is 79.3 Å². The van der Waals surface area contributed by atoms with Crippen LogP contribution in [-0.2, 0) is 4.79 Å². The quantitative estimate of drug-likeness (QED) is 0.702. The van der Waals surface area contributed by atoms with Crippen molar-refractivity contribution in [2.24, 2.45) is 17.1 Å². The van der Waals surface area contributed by atoms with Crippen LogP contribution in [0.4, 0.5) is 0 Å². The molecule has 13 heavy (non-hydrogen) atoms. The number of hydrogen-bond donors (Lipinski definition) is 2. The Kier molecular flexibility index (Phi) is 3.31. The van der Waals surface area contributed by atoms with Gasteiger partial charge < -0.3 is 10.8 Å². The fourth-order valence-electron chi connectivity index (χ4n) is 2.14. The zero-order valence-electron chi connectivity index (χ0n) is 8.25. The summed E-state index contributed by atoms with van der Waals surface area (Å²) in [7, 11) is 0. The molecule has 1 fully saturated rings. The van der Waals surface area contributed by atoms with Crippen LogP contribution in [0.1, 0.15) is 39.0 Å². The Morgan fingerprint density at radius 3 is 2.38 bits per heavy atom.